The van der Waals surface area contributed by atoms with Gasteiger partial charge in [-0.2, -0.15) is 0 Å². The van der Waals surface area contributed by atoms with Gasteiger partial charge in [-0.3, -0.25) is 0 Å². The van der Waals surface area contributed by atoms with Gasteiger partial charge in [0.05, 0.1) is 0 Å². The number of rotatable bonds is 5. The molecule has 0 nitrogen and oxygen atoms in total. The maximum absolute atomic E-state index is 2.41. The molecule has 0 spiro atoms. The third kappa shape index (κ3) is 2.50. The highest BCUT2D eigenvalue weighted by Gasteiger charge is 2.39. The van der Waals surface area contributed by atoms with Crippen molar-refractivity contribution >= 4 is 0 Å². The fourth-order valence-electron chi connectivity index (χ4n) is 2.43. The van der Waals surface area contributed by atoms with E-state index in [4.69, 9.17) is 0 Å². The zero-order chi connectivity index (χ0) is 9.14. The van der Waals surface area contributed by atoms with E-state index in [9.17, 15) is 0 Å². The van der Waals surface area contributed by atoms with Crippen LogP contribution in [0.3, 0.4) is 0 Å². The average molecular weight is 168 g/mol. The van der Waals surface area contributed by atoms with Crippen molar-refractivity contribution in [1.82, 2.24) is 0 Å². The summed E-state index contributed by atoms with van der Waals surface area (Å²) >= 11 is 0. The van der Waals surface area contributed by atoms with Gasteiger partial charge in [-0.05, 0) is 36.5 Å². The summed E-state index contributed by atoms with van der Waals surface area (Å²) in [7, 11) is 0. The minimum absolute atomic E-state index is 0.909. The molecule has 0 amide bonds. The van der Waals surface area contributed by atoms with Gasteiger partial charge in [0.2, 0.25) is 0 Å². The van der Waals surface area contributed by atoms with E-state index >= 15 is 0 Å². The second-order valence-corrected chi connectivity index (χ2v) is 4.93. The highest BCUT2D eigenvalue weighted by atomic mass is 14.4. The molecule has 1 rings (SSSR count). The smallest absolute Gasteiger partial charge is 0.0355 e. The lowest BCUT2D eigenvalue weighted by molar-refractivity contribution is 0.298. The largest absolute Gasteiger partial charge is 0.0654 e. The molecule has 0 aromatic rings. The molecule has 0 aromatic heterocycles. The van der Waals surface area contributed by atoms with Crippen LogP contribution in [0.15, 0.2) is 0 Å². The average Bonchev–Trinajstić information content (AvgIpc) is 2.67. The lowest BCUT2D eigenvalue weighted by atomic mass is 9.86. The van der Waals surface area contributed by atoms with Crippen LogP contribution in [0.25, 0.3) is 0 Å². The lowest BCUT2D eigenvalue weighted by Gasteiger charge is -2.20. The Balaban J connectivity index is 2.29. The molecular formula is C12H24. The summed E-state index contributed by atoms with van der Waals surface area (Å²) in [5.41, 5.74) is 0. The lowest BCUT2D eigenvalue weighted by Crippen LogP contribution is -2.11. The van der Waals surface area contributed by atoms with Gasteiger partial charge >= 0.3 is 0 Å². The van der Waals surface area contributed by atoms with Crippen LogP contribution in [0.4, 0.5) is 0 Å². The van der Waals surface area contributed by atoms with Crippen molar-refractivity contribution in [3.8, 4) is 0 Å². The van der Waals surface area contributed by atoms with E-state index in [2.05, 4.69) is 27.7 Å². The molecule has 72 valence electrons. The van der Waals surface area contributed by atoms with Gasteiger partial charge in [-0.15, -0.1) is 0 Å². The summed E-state index contributed by atoms with van der Waals surface area (Å²) in [6, 6.07) is 0. The Labute approximate surface area is 77.7 Å². The van der Waals surface area contributed by atoms with Crippen molar-refractivity contribution < 1.29 is 0 Å². The van der Waals surface area contributed by atoms with Crippen molar-refractivity contribution in [2.75, 3.05) is 0 Å². The summed E-state index contributed by atoms with van der Waals surface area (Å²) in [5, 5.41) is 0. The first-order valence-electron chi connectivity index (χ1n) is 5.66. The van der Waals surface area contributed by atoms with Crippen LogP contribution in [0, 0.1) is 23.7 Å². The molecule has 3 unspecified atom stereocenters. The monoisotopic (exact) mass is 168 g/mol. The Hall–Kier alpha value is 0. The number of hydrogen-bond acceptors (Lipinski definition) is 0. The van der Waals surface area contributed by atoms with Gasteiger partial charge in [-0.25, -0.2) is 0 Å². The van der Waals surface area contributed by atoms with E-state index in [1.807, 2.05) is 0 Å². The zero-order valence-electron chi connectivity index (χ0n) is 9.14. The standard InChI is InChI=1S/C12H24/c1-5-6-7-11(9(2)3)12-8-10(12)4/h9-12H,5-8H2,1-4H3. The van der Waals surface area contributed by atoms with Crippen molar-refractivity contribution in [3.05, 3.63) is 0 Å². The first-order valence-corrected chi connectivity index (χ1v) is 5.66. The Kier molecular flexibility index (Phi) is 3.61. The Morgan fingerprint density at radius 3 is 2.25 bits per heavy atom. The third-order valence-electron chi connectivity index (χ3n) is 3.47. The van der Waals surface area contributed by atoms with Gasteiger partial charge in [0.1, 0.15) is 0 Å². The Morgan fingerprint density at radius 2 is 1.92 bits per heavy atom. The van der Waals surface area contributed by atoms with E-state index in [1.165, 1.54) is 25.7 Å². The molecule has 0 radical (unpaired) electrons. The molecule has 3 atom stereocenters. The van der Waals surface area contributed by atoms with Gasteiger partial charge in [0, 0.05) is 0 Å². The maximum Gasteiger partial charge on any atom is -0.0355 e. The molecule has 0 heteroatoms. The molecule has 0 bridgehead atoms. The SMILES string of the molecule is CCCCC(C(C)C)C1CC1C. The fourth-order valence-corrected chi connectivity index (χ4v) is 2.43. The van der Waals surface area contributed by atoms with Crippen LogP contribution in [0.5, 0.6) is 0 Å². The van der Waals surface area contributed by atoms with E-state index in [0.29, 0.717) is 0 Å². The summed E-state index contributed by atoms with van der Waals surface area (Å²) in [6.45, 7) is 9.50. The minimum Gasteiger partial charge on any atom is -0.0654 e. The van der Waals surface area contributed by atoms with Gasteiger partial charge in [-0.1, -0.05) is 40.5 Å². The zero-order valence-corrected chi connectivity index (χ0v) is 9.14. The van der Waals surface area contributed by atoms with Gasteiger partial charge in [0.25, 0.3) is 0 Å². The normalized spacial score (nSPS) is 30.8. The molecular weight excluding hydrogens is 144 g/mol. The van der Waals surface area contributed by atoms with Gasteiger partial charge in [0.15, 0.2) is 0 Å². The predicted molar refractivity (Wildman–Crippen MR) is 55.1 cm³/mol. The highest BCUT2D eigenvalue weighted by Crippen LogP contribution is 2.48. The highest BCUT2D eigenvalue weighted by molar-refractivity contribution is 4.89. The van der Waals surface area contributed by atoms with Crippen molar-refractivity contribution in [2.45, 2.75) is 53.4 Å². The molecule has 1 saturated carbocycles. The predicted octanol–water partition coefficient (Wildman–Crippen LogP) is 4.10. The van der Waals surface area contributed by atoms with Crippen LogP contribution in [-0.2, 0) is 0 Å². The first kappa shape index (κ1) is 10.1. The second-order valence-electron chi connectivity index (χ2n) is 4.93. The molecule has 0 saturated heterocycles. The molecule has 12 heavy (non-hydrogen) atoms. The summed E-state index contributed by atoms with van der Waals surface area (Å²) < 4.78 is 0. The molecule has 0 aliphatic heterocycles. The summed E-state index contributed by atoms with van der Waals surface area (Å²) in [4.78, 5) is 0. The second kappa shape index (κ2) is 4.30. The van der Waals surface area contributed by atoms with Crippen LogP contribution in [0.1, 0.15) is 53.4 Å². The van der Waals surface area contributed by atoms with E-state index in [1.54, 1.807) is 0 Å². The van der Waals surface area contributed by atoms with Crippen LogP contribution < -0.4 is 0 Å². The van der Waals surface area contributed by atoms with Crippen LogP contribution in [-0.4, -0.2) is 0 Å². The van der Waals surface area contributed by atoms with Gasteiger partial charge < -0.3 is 0 Å². The Morgan fingerprint density at radius 1 is 1.33 bits per heavy atom. The molecule has 0 N–H and O–H groups in total. The van der Waals surface area contributed by atoms with E-state index in [-0.39, 0.29) is 0 Å². The van der Waals surface area contributed by atoms with Crippen LogP contribution >= 0.6 is 0 Å². The van der Waals surface area contributed by atoms with E-state index < -0.39 is 0 Å². The van der Waals surface area contributed by atoms with Crippen LogP contribution in [0.2, 0.25) is 0 Å². The summed E-state index contributed by atoms with van der Waals surface area (Å²) in [5.74, 6) is 4.05. The third-order valence-corrected chi connectivity index (χ3v) is 3.47. The molecule has 1 aliphatic carbocycles. The van der Waals surface area contributed by atoms with Crippen molar-refractivity contribution in [1.29, 1.82) is 0 Å². The number of hydrogen-bond donors (Lipinski definition) is 0. The minimum atomic E-state index is 0.909. The van der Waals surface area contributed by atoms with E-state index in [0.717, 1.165) is 23.7 Å². The molecule has 0 aromatic carbocycles. The topological polar surface area (TPSA) is 0 Å². The first-order chi connectivity index (χ1) is 5.66. The number of unbranched alkanes of at least 4 members (excludes halogenated alkanes) is 1. The van der Waals surface area contributed by atoms with Crippen molar-refractivity contribution in [2.24, 2.45) is 23.7 Å². The Bertz CT molecular complexity index is 126. The summed E-state index contributed by atoms with van der Waals surface area (Å²) in [6.07, 6.45) is 5.78. The molecule has 1 aliphatic rings. The maximum atomic E-state index is 2.41. The molecule has 1 fully saturated rings. The molecule has 0 heterocycles. The quantitative estimate of drug-likeness (QED) is 0.579. The van der Waals surface area contributed by atoms with Crippen molar-refractivity contribution in [3.63, 3.8) is 0 Å². The fraction of sp³-hybridized carbons (Fsp3) is 1.00.